The number of alkyl halides is 3. The van der Waals surface area contributed by atoms with E-state index in [2.05, 4.69) is 5.32 Å². The fraction of sp³-hybridized carbons (Fsp3) is 0.190. The Labute approximate surface area is 177 Å². The van der Waals surface area contributed by atoms with Crippen molar-refractivity contribution in [2.75, 3.05) is 5.32 Å². The maximum absolute atomic E-state index is 13.3. The van der Waals surface area contributed by atoms with Crippen LogP contribution in [0.5, 0.6) is 0 Å². The monoisotopic (exact) mass is 452 g/mol. The quantitative estimate of drug-likeness (QED) is 0.566. The number of anilines is 1. The lowest BCUT2D eigenvalue weighted by Gasteiger charge is -2.22. The molecular weight excluding hydrogens is 433 g/mol. The van der Waals surface area contributed by atoms with Crippen LogP contribution in [-0.2, 0) is 34.1 Å². The molecule has 0 unspecified atom stereocenters. The van der Waals surface area contributed by atoms with Gasteiger partial charge in [-0.15, -0.1) is 0 Å². The Morgan fingerprint density at radius 3 is 2.32 bits per heavy atom. The molecule has 0 saturated carbocycles. The largest absolute Gasteiger partial charge is 0.468 e. The minimum absolute atomic E-state index is 0.0693. The van der Waals surface area contributed by atoms with Crippen LogP contribution in [0.2, 0.25) is 0 Å². The first-order chi connectivity index (χ1) is 14.6. The first kappa shape index (κ1) is 22.6. The Hall–Kier alpha value is -3.11. The Morgan fingerprint density at radius 2 is 1.74 bits per heavy atom. The van der Waals surface area contributed by atoms with Crippen LogP contribution < -0.4 is 5.32 Å². The van der Waals surface area contributed by atoms with Gasteiger partial charge in [0.05, 0.1) is 23.3 Å². The van der Waals surface area contributed by atoms with E-state index in [1.165, 1.54) is 49.6 Å². The molecule has 31 heavy (non-hydrogen) atoms. The van der Waals surface area contributed by atoms with Gasteiger partial charge in [-0.05, 0) is 48.0 Å². The number of hydrogen-bond acceptors (Lipinski definition) is 4. The molecule has 0 saturated heterocycles. The van der Waals surface area contributed by atoms with Gasteiger partial charge in [-0.2, -0.15) is 17.5 Å². The molecule has 0 spiro atoms. The van der Waals surface area contributed by atoms with Crippen molar-refractivity contribution in [1.82, 2.24) is 4.31 Å². The number of hydrogen-bond donors (Lipinski definition) is 1. The summed E-state index contributed by atoms with van der Waals surface area (Å²) in [6, 6.07) is 13.2. The molecule has 0 aliphatic rings. The van der Waals surface area contributed by atoms with Crippen molar-refractivity contribution in [1.29, 1.82) is 0 Å². The molecule has 0 aliphatic heterocycles. The van der Waals surface area contributed by atoms with Crippen LogP contribution in [0.25, 0.3) is 0 Å². The number of rotatable bonds is 7. The Balaban J connectivity index is 1.94. The third-order valence-electron chi connectivity index (χ3n) is 4.34. The Bertz CT molecular complexity index is 1140. The molecule has 3 rings (SSSR count). The second-order valence-electron chi connectivity index (χ2n) is 6.76. The lowest BCUT2D eigenvalue weighted by molar-refractivity contribution is -0.137. The van der Waals surface area contributed by atoms with E-state index in [4.69, 9.17) is 4.42 Å². The molecule has 0 fully saturated rings. The third kappa shape index (κ3) is 5.74. The molecule has 10 heteroatoms. The zero-order valence-corrected chi connectivity index (χ0v) is 17.2. The lowest BCUT2D eigenvalue weighted by Crippen LogP contribution is -2.30. The molecule has 1 heterocycles. The summed E-state index contributed by atoms with van der Waals surface area (Å²) in [6.07, 6.45) is -3.16. The Morgan fingerprint density at radius 1 is 1.03 bits per heavy atom. The van der Waals surface area contributed by atoms with E-state index in [0.717, 1.165) is 16.4 Å². The number of nitrogens with zero attached hydrogens (tertiary/aromatic N) is 1. The van der Waals surface area contributed by atoms with Gasteiger partial charge in [0.15, 0.2) is 0 Å². The van der Waals surface area contributed by atoms with Crippen molar-refractivity contribution >= 4 is 21.6 Å². The molecular formula is C21H19F3N2O4S. The number of furan rings is 1. The normalized spacial score (nSPS) is 12.2. The number of carbonyl (C=O) groups excluding carboxylic acids is 1. The highest BCUT2D eigenvalue weighted by Crippen LogP contribution is 2.30. The van der Waals surface area contributed by atoms with Crippen molar-refractivity contribution in [2.24, 2.45) is 0 Å². The van der Waals surface area contributed by atoms with Crippen LogP contribution in [0, 0.1) is 0 Å². The van der Waals surface area contributed by atoms with Gasteiger partial charge in [-0.1, -0.05) is 18.2 Å². The molecule has 3 aromatic rings. The van der Waals surface area contributed by atoms with E-state index in [0.29, 0.717) is 11.4 Å². The zero-order chi connectivity index (χ0) is 22.6. The molecule has 1 aromatic heterocycles. The van der Waals surface area contributed by atoms with Gasteiger partial charge in [0, 0.05) is 19.2 Å². The summed E-state index contributed by atoms with van der Waals surface area (Å²) in [5, 5.41) is 2.54. The van der Waals surface area contributed by atoms with E-state index in [-0.39, 0.29) is 29.5 Å². The van der Waals surface area contributed by atoms with E-state index < -0.39 is 21.8 Å². The Kier molecular flexibility index (Phi) is 6.51. The van der Waals surface area contributed by atoms with Crippen molar-refractivity contribution in [3.8, 4) is 0 Å². The highest BCUT2D eigenvalue weighted by molar-refractivity contribution is 7.89. The van der Waals surface area contributed by atoms with Crippen molar-refractivity contribution in [3.63, 3.8) is 0 Å². The zero-order valence-electron chi connectivity index (χ0n) is 16.4. The summed E-state index contributed by atoms with van der Waals surface area (Å²) >= 11 is 0. The summed E-state index contributed by atoms with van der Waals surface area (Å²) in [4.78, 5) is 11.1. The van der Waals surface area contributed by atoms with Gasteiger partial charge >= 0.3 is 6.18 Å². The molecule has 6 nitrogen and oxygen atoms in total. The first-order valence-electron chi connectivity index (χ1n) is 9.12. The molecule has 0 atom stereocenters. The molecule has 164 valence electrons. The van der Waals surface area contributed by atoms with Crippen molar-refractivity contribution in [3.05, 3.63) is 83.8 Å². The summed E-state index contributed by atoms with van der Waals surface area (Å²) in [7, 11) is -4.09. The average molecular weight is 452 g/mol. The van der Waals surface area contributed by atoms with Crippen LogP contribution >= 0.6 is 0 Å². The SMILES string of the molecule is CC(=O)Nc1ccc(S(=O)(=O)N(Cc2cccc(C(F)(F)F)c2)Cc2ccco2)cc1. The smallest absolute Gasteiger partial charge is 0.416 e. The second kappa shape index (κ2) is 8.94. The molecule has 0 bridgehead atoms. The van der Waals surface area contributed by atoms with Gasteiger partial charge in [-0.3, -0.25) is 4.79 Å². The van der Waals surface area contributed by atoms with Crippen molar-refractivity contribution in [2.45, 2.75) is 31.1 Å². The van der Waals surface area contributed by atoms with Gasteiger partial charge in [0.25, 0.3) is 0 Å². The number of sulfonamides is 1. The number of amides is 1. The fourth-order valence-electron chi connectivity index (χ4n) is 2.91. The minimum atomic E-state index is -4.54. The predicted octanol–water partition coefficient (Wildman–Crippen LogP) is 4.65. The summed E-state index contributed by atoms with van der Waals surface area (Å²) in [5.41, 5.74) is -0.262. The molecule has 0 aliphatic carbocycles. The van der Waals surface area contributed by atoms with E-state index in [1.54, 1.807) is 12.1 Å². The maximum atomic E-state index is 13.3. The number of nitrogens with one attached hydrogen (secondary N) is 1. The van der Waals surface area contributed by atoms with Crippen LogP contribution in [-0.4, -0.2) is 18.6 Å². The summed E-state index contributed by atoms with van der Waals surface area (Å²) in [6.45, 7) is 0.865. The maximum Gasteiger partial charge on any atom is 0.416 e. The van der Waals surface area contributed by atoms with Crippen LogP contribution in [0.4, 0.5) is 18.9 Å². The fourth-order valence-corrected chi connectivity index (χ4v) is 4.31. The number of halogens is 3. The van der Waals surface area contributed by atoms with Gasteiger partial charge in [0.1, 0.15) is 5.76 Å². The minimum Gasteiger partial charge on any atom is -0.468 e. The molecule has 0 radical (unpaired) electrons. The number of carbonyl (C=O) groups is 1. The van der Waals surface area contributed by atoms with E-state index in [9.17, 15) is 26.4 Å². The highest BCUT2D eigenvalue weighted by atomic mass is 32.2. The predicted molar refractivity (Wildman–Crippen MR) is 107 cm³/mol. The molecule has 2 aromatic carbocycles. The lowest BCUT2D eigenvalue weighted by atomic mass is 10.1. The van der Waals surface area contributed by atoms with Gasteiger partial charge < -0.3 is 9.73 Å². The molecule has 1 N–H and O–H groups in total. The van der Waals surface area contributed by atoms with Crippen LogP contribution in [0.15, 0.2) is 76.2 Å². The first-order valence-corrected chi connectivity index (χ1v) is 10.6. The third-order valence-corrected chi connectivity index (χ3v) is 6.14. The topological polar surface area (TPSA) is 79.6 Å². The van der Waals surface area contributed by atoms with Crippen LogP contribution in [0.1, 0.15) is 23.8 Å². The summed E-state index contributed by atoms with van der Waals surface area (Å²) < 4.78 is 72.0. The van der Waals surface area contributed by atoms with E-state index >= 15 is 0 Å². The summed E-state index contributed by atoms with van der Waals surface area (Å²) in [5.74, 6) is 0.0324. The highest BCUT2D eigenvalue weighted by Gasteiger charge is 2.31. The standard InChI is InChI=1S/C21H19F3N2O4S/c1-15(27)25-18-7-9-20(10-8-18)31(28,29)26(14-19-6-3-11-30-19)13-16-4-2-5-17(12-16)21(22,23)24/h2-12H,13-14H2,1H3,(H,25,27). The average Bonchev–Trinajstić information content (AvgIpc) is 3.20. The van der Waals surface area contributed by atoms with Gasteiger partial charge in [-0.25, -0.2) is 8.42 Å². The second-order valence-corrected chi connectivity index (χ2v) is 8.69. The van der Waals surface area contributed by atoms with Gasteiger partial charge in [0.2, 0.25) is 15.9 Å². The number of benzene rings is 2. The van der Waals surface area contributed by atoms with E-state index in [1.807, 2.05) is 0 Å². The molecule has 1 amide bonds. The van der Waals surface area contributed by atoms with Crippen molar-refractivity contribution < 1.29 is 30.8 Å². The van der Waals surface area contributed by atoms with Crippen LogP contribution in [0.3, 0.4) is 0 Å².